The van der Waals surface area contributed by atoms with E-state index in [-0.39, 0.29) is 11.3 Å². The number of nitrogens with one attached hydrogen (secondary N) is 1. The Bertz CT molecular complexity index is 166. The lowest BCUT2D eigenvalue weighted by atomic mass is 9.96. The van der Waals surface area contributed by atoms with Crippen molar-refractivity contribution in [3.8, 4) is 0 Å². The van der Waals surface area contributed by atoms with Gasteiger partial charge in [-0.2, -0.15) is 11.8 Å². The molecule has 0 spiro atoms. The predicted octanol–water partition coefficient (Wildman–Crippen LogP) is 1.53. The van der Waals surface area contributed by atoms with Crippen LogP contribution in [0.25, 0.3) is 0 Å². The average molecular weight is 219 g/mol. The monoisotopic (exact) mass is 219 g/mol. The molecule has 0 bridgehead atoms. The first kappa shape index (κ1) is 13.8. The van der Waals surface area contributed by atoms with Gasteiger partial charge in [-0.15, -0.1) is 0 Å². The van der Waals surface area contributed by atoms with Gasteiger partial charge in [-0.1, -0.05) is 20.8 Å². The summed E-state index contributed by atoms with van der Waals surface area (Å²) >= 11 is 1.76. The van der Waals surface area contributed by atoms with Gasteiger partial charge >= 0.3 is 0 Å². The molecule has 14 heavy (non-hydrogen) atoms. The molecule has 1 N–H and O–H groups in total. The minimum absolute atomic E-state index is 0.0750. The third-order valence-corrected chi connectivity index (χ3v) is 2.22. The van der Waals surface area contributed by atoms with Crippen LogP contribution in [0.2, 0.25) is 0 Å². The lowest BCUT2D eigenvalue weighted by Gasteiger charge is -2.17. The molecule has 1 amide bonds. The molecular formula is C10H21NO2S. The topological polar surface area (TPSA) is 38.3 Å². The largest absolute Gasteiger partial charge is 0.379 e. The summed E-state index contributed by atoms with van der Waals surface area (Å²) in [4.78, 5) is 11.4. The lowest BCUT2D eigenvalue weighted by molar-refractivity contribution is -0.128. The summed E-state index contributed by atoms with van der Waals surface area (Å²) in [6.45, 7) is 7.66. The molecule has 0 radical (unpaired) electrons. The molecule has 4 heteroatoms. The van der Waals surface area contributed by atoms with Crippen LogP contribution in [-0.2, 0) is 9.53 Å². The highest BCUT2D eigenvalue weighted by Gasteiger charge is 2.19. The Hall–Kier alpha value is -0.220. The SMILES string of the molecule is CSCCOCCNC(=O)C(C)(C)C. The Labute approximate surface area is 91.0 Å². The van der Waals surface area contributed by atoms with Crippen LogP contribution in [-0.4, -0.2) is 37.7 Å². The molecule has 0 aromatic rings. The van der Waals surface area contributed by atoms with Gasteiger partial charge in [0.2, 0.25) is 5.91 Å². The summed E-state index contributed by atoms with van der Waals surface area (Å²) in [5, 5.41) is 2.83. The van der Waals surface area contributed by atoms with Crippen molar-refractivity contribution >= 4 is 17.7 Å². The molecule has 0 heterocycles. The van der Waals surface area contributed by atoms with Gasteiger partial charge in [0.15, 0.2) is 0 Å². The molecular weight excluding hydrogens is 198 g/mol. The molecule has 0 atom stereocenters. The van der Waals surface area contributed by atoms with Gasteiger partial charge in [-0.05, 0) is 6.26 Å². The Morgan fingerprint density at radius 3 is 2.50 bits per heavy atom. The van der Waals surface area contributed by atoms with Crippen molar-refractivity contribution in [1.29, 1.82) is 0 Å². The smallest absolute Gasteiger partial charge is 0.225 e. The first-order valence-electron chi connectivity index (χ1n) is 4.83. The molecule has 0 rings (SSSR count). The second-order valence-electron chi connectivity index (χ2n) is 4.11. The molecule has 0 aliphatic rings. The average Bonchev–Trinajstić information content (AvgIpc) is 2.09. The van der Waals surface area contributed by atoms with Crippen molar-refractivity contribution < 1.29 is 9.53 Å². The van der Waals surface area contributed by atoms with Gasteiger partial charge in [-0.3, -0.25) is 4.79 Å². The van der Waals surface area contributed by atoms with E-state index in [1.165, 1.54) is 0 Å². The summed E-state index contributed by atoms with van der Waals surface area (Å²) in [6.07, 6.45) is 2.05. The zero-order chi connectivity index (χ0) is 11.0. The summed E-state index contributed by atoms with van der Waals surface area (Å²) in [5.74, 6) is 1.08. The molecule has 0 aromatic heterocycles. The van der Waals surface area contributed by atoms with Crippen molar-refractivity contribution in [1.82, 2.24) is 5.32 Å². The quantitative estimate of drug-likeness (QED) is 0.689. The van der Waals surface area contributed by atoms with Gasteiger partial charge < -0.3 is 10.1 Å². The molecule has 84 valence electrons. The van der Waals surface area contributed by atoms with E-state index < -0.39 is 0 Å². The Kier molecular flexibility index (Phi) is 7.01. The van der Waals surface area contributed by atoms with Crippen molar-refractivity contribution in [2.45, 2.75) is 20.8 Å². The first-order valence-corrected chi connectivity index (χ1v) is 6.23. The first-order chi connectivity index (χ1) is 6.48. The number of ether oxygens (including phenoxy) is 1. The van der Waals surface area contributed by atoms with Gasteiger partial charge in [0.25, 0.3) is 0 Å². The molecule has 0 aliphatic carbocycles. The van der Waals surface area contributed by atoms with E-state index in [0.29, 0.717) is 13.2 Å². The Morgan fingerprint density at radius 2 is 2.00 bits per heavy atom. The normalized spacial score (nSPS) is 11.4. The lowest BCUT2D eigenvalue weighted by Crippen LogP contribution is -2.36. The van der Waals surface area contributed by atoms with E-state index in [9.17, 15) is 4.79 Å². The number of amides is 1. The third-order valence-electron chi connectivity index (χ3n) is 1.64. The highest BCUT2D eigenvalue weighted by Crippen LogP contribution is 2.11. The zero-order valence-corrected chi connectivity index (χ0v) is 10.4. The van der Waals surface area contributed by atoms with Crippen LogP contribution in [0.5, 0.6) is 0 Å². The van der Waals surface area contributed by atoms with Crippen LogP contribution in [0, 0.1) is 5.41 Å². The van der Waals surface area contributed by atoms with E-state index in [4.69, 9.17) is 4.74 Å². The van der Waals surface area contributed by atoms with E-state index in [0.717, 1.165) is 12.4 Å². The Morgan fingerprint density at radius 1 is 1.36 bits per heavy atom. The number of thioether (sulfide) groups is 1. The fourth-order valence-corrected chi connectivity index (χ4v) is 1.03. The van der Waals surface area contributed by atoms with Gasteiger partial charge in [-0.25, -0.2) is 0 Å². The van der Waals surface area contributed by atoms with Crippen LogP contribution in [0.15, 0.2) is 0 Å². The minimum atomic E-state index is -0.306. The molecule has 0 saturated carbocycles. The van der Waals surface area contributed by atoms with Crippen molar-refractivity contribution in [2.24, 2.45) is 5.41 Å². The summed E-state index contributed by atoms with van der Waals surface area (Å²) < 4.78 is 5.30. The van der Waals surface area contributed by atoms with Crippen molar-refractivity contribution in [3.05, 3.63) is 0 Å². The number of carbonyl (C=O) groups is 1. The van der Waals surface area contributed by atoms with Gasteiger partial charge in [0.1, 0.15) is 0 Å². The van der Waals surface area contributed by atoms with E-state index >= 15 is 0 Å². The summed E-state index contributed by atoms with van der Waals surface area (Å²) in [7, 11) is 0. The molecule has 0 unspecified atom stereocenters. The predicted molar refractivity (Wildman–Crippen MR) is 61.7 cm³/mol. The maximum absolute atomic E-state index is 11.4. The molecule has 0 aromatic carbocycles. The molecule has 3 nitrogen and oxygen atoms in total. The second kappa shape index (κ2) is 7.12. The van der Waals surface area contributed by atoms with E-state index in [1.54, 1.807) is 11.8 Å². The molecule has 0 saturated heterocycles. The minimum Gasteiger partial charge on any atom is -0.379 e. The van der Waals surface area contributed by atoms with E-state index in [2.05, 4.69) is 5.32 Å². The van der Waals surface area contributed by atoms with Gasteiger partial charge in [0.05, 0.1) is 13.2 Å². The van der Waals surface area contributed by atoms with Gasteiger partial charge in [0, 0.05) is 17.7 Å². The summed E-state index contributed by atoms with van der Waals surface area (Å²) in [6, 6.07) is 0. The van der Waals surface area contributed by atoms with Crippen molar-refractivity contribution in [3.63, 3.8) is 0 Å². The van der Waals surface area contributed by atoms with E-state index in [1.807, 2.05) is 27.0 Å². The molecule has 0 aliphatic heterocycles. The standard InChI is InChI=1S/C10H21NO2S/c1-10(2,3)9(12)11-5-6-13-7-8-14-4/h5-8H2,1-4H3,(H,11,12). The zero-order valence-electron chi connectivity index (χ0n) is 9.55. The summed E-state index contributed by atoms with van der Waals surface area (Å²) in [5.41, 5.74) is -0.306. The van der Waals surface area contributed by atoms with Crippen LogP contribution < -0.4 is 5.32 Å². The number of rotatable bonds is 6. The fraction of sp³-hybridized carbons (Fsp3) is 0.900. The third kappa shape index (κ3) is 7.21. The number of hydrogen-bond acceptors (Lipinski definition) is 3. The maximum atomic E-state index is 11.4. The Balaban J connectivity index is 3.33. The number of carbonyl (C=O) groups excluding carboxylic acids is 1. The van der Waals surface area contributed by atoms with Crippen LogP contribution in [0.1, 0.15) is 20.8 Å². The second-order valence-corrected chi connectivity index (χ2v) is 5.10. The fourth-order valence-electron chi connectivity index (χ4n) is 0.746. The van der Waals surface area contributed by atoms with Crippen LogP contribution >= 0.6 is 11.8 Å². The van der Waals surface area contributed by atoms with Crippen LogP contribution in [0.4, 0.5) is 0 Å². The van der Waals surface area contributed by atoms with Crippen molar-refractivity contribution in [2.75, 3.05) is 31.8 Å². The molecule has 0 fully saturated rings. The highest BCUT2D eigenvalue weighted by atomic mass is 32.2. The van der Waals surface area contributed by atoms with Crippen LogP contribution in [0.3, 0.4) is 0 Å². The maximum Gasteiger partial charge on any atom is 0.225 e. The number of hydrogen-bond donors (Lipinski definition) is 1. The highest BCUT2D eigenvalue weighted by molar-refractivity contribution is 7.98.